The zero-order valence-electron chi connectivity index (χ0n) is 7.81. The van der Waals surface area contributed by atoms with Crippen molar-refractivity contribution in [3.63, 3.8) is 0 Å². The van der Waals surface area contributed by atoms with E-state index < -0.39 is 0 Å². The summed E-state index contributed by atoms with van der Waals surface area (Å²) in [7, 11) is 0. The number of rotatable bonds is 1. The van der Waals surface area contributed by atoms with E-state index in [-0.39, 0.29) is 5.91 Å². The summed E-state index contributed by atoms with van der Waals surface area (Å²) in [5, 5.41) is 4.06. The van der Waals surface area contributed by atoms with E-state index in [2.05, 4.69) is 5.10 Å². The molecule has 2 N–H and O–H groups in total. The van der Waals surface area contributed by atoms with Gasteiger partial charge < -0.3 is 10.6 Å². The predicted octanol–water partition coefficient (Wildman–Crippen LogP) is 0.0835. The van der Waals surface area contributed by atoms with E-state index in [0.29, 0.717) is 17.6 Å². The molecule has 1 amide bonds. The van der Waals surface area contributed by atoms with Crippen LogP contribution in [0.2, 0.25) is 0 Å². The van der Waals surface area contributed by atoms with E-state index in [1.54, 1.807) is 10.7 Å². The van der Waals surface area contributed by atoms with Crippen LogP contribution in [0.5, 0.6) is 0 Å². The van der Waals surface area contributed by atoms with Gasteiger partial charge in [0.25, 0.3) is 5.91 Å². The molecule has 0 atom stereocenters. The standard InChI is InChI=1S/C9H12N4O/c10-8-5-7-9(14)12(6-1-2-6)3-4-13(7)11-8/h5-6H,1-4H2,(H2,10,11). The first kappa shape index (κ1) is 7.84. The summed E-state index contributed by atoms with van der Waals surface area (Å²) in [6, 6.07) is 2.14. The minimum Gasteiger partial charge on any atom is -0.382 e. The van der Waals surface area contributed by atoms with Crippen molar-refractivity contribution in [2.45, 2.75) is 25.4 Å². The third kappa shape index (κ3) is 1.01. The molecule has 1 aromatic heterocycles. The summed E-state index contributed by atoms with van der Waals surface area (Å²) in [4.78, 5) is 13.9. The van der Waals surface area contributed by atoms with Crippen LogP contribution in [0.4, 0.5) is 5.82 Å². The van der Waals surface area contributed by atoms with Crippen LogP contribution in [-0.4, -0.2) is 33.2 Å². The SMILES string of the molecule is Nc1cc2n(n1)CCN(C1CC1)C2=O. The van der Waals surface area contributed by atoms with Crippen LogP contribution < -0.4 is 5.73 Å². The average Bonchev–Trinajstić information content (AvgIpc) is 2.89. The molecule has 0 aromatic carbocycles. The lowest BCUT2D eigenvalue weighted by Crippen LogP contribution is -2.41. The summed E-state index contributed by atoms with van der Waals surface area (Å²) in [6.45, 7) is 1.55. The van der Waals surface area contributed by atoms with Crippen molar-refractivity contribution in [1.29, 1.82) is 0 Å². The van der Waals surface area contributed by atoms with Crippen LogP contribution in [0.15, 0.2) is 6.07 Å². The quantitative estimate of drug-likeness (QED) is 0.685. The minimum absolute atomic E-state index is 0.0861. The number of carbonyl (C=O) groups is 1. The molecule has 5 heteroatoms. The fourth-order valence-corrected chi connectivity index (χ4v) is 1.97. The summed E-state index contributed by atoms with van der Waals surface area (Å²) in [5.74, 6) is 0.522. The Balaban J connectivity index is 1.97. The fraction of sp³-hybridized carbons (Fsp3) is 0.556. The minimum atomic E-state index is 0.0861. The van der Waals surface area contributed by atoms with Crippen molar-refractivity contribution < 1.29 is 4.79 Å². The second kappa shape index (κ2) is 2.50. The summed E-state index contributed by atoms with van der Waals surface area (Å²) < 4.78 is 1.70. The molecule has 1 fully saturated rings. The van der Waals surface area contributed by atoms with Crippen LogP contribution in [0.1, 0.15) is 23.3 Å². The molecule has 0 saturated heterocycles. The smallest absolute Gasteiger partial charge is 0.272 e. The number of hydrogen-bond donors (Lipinski definition) is 1. The molecule has 14 heavy (non-hydrogen) atoms. The van der Waals surface area contributed by atoms with Gasteiger partial charge in [-0.2, -0.15) is 5.10 Å². The van der Waals surface area contributed by atoms with Gasteiger partial charge >= 0.3 is 0 Å². The van der Waals surface area contributed by atoms with Crippen LogP contribution in [0.25, 0.3) is 0 Å². The number of hydrogen-bond acceptors (Lipinski definition) is 3. The predicted molar refractivity (Wildman–Crippen MR) is 50.7 cm³/mol. The lowest BCUT2D eigenvalue weighted by molar-refractivity contribution is 0.0683. The highest BCUT2D eigenvalue weighted by atomic mass is 16.2. The van der Waals surface area contributed by atoms with Gasteiger partial charge in [0.15, 0.2) is 0 Å². The molecule has 1 aliphatic carbocycles. The monoisotopic (exact) mass is 192 g/mol. The Morgan fingerprint density at radius 2 is 2.21 bits per heavy atom. The Labute approximate surface area is 81.5 Å². The van der Waals surface area contributed by atoms with Gasteiger partial charge in [0.05, 0.1) is 6.54 Å². The third-order valence-corrected chi connectivity index (χ3v) is 2.82. The molecule has 0 bridgehead atoms. The van der Waals surface area contributed by atoms with Gasteiger partial charge in [-0.1, -0.05) is 0 Å². The van der Waals surface area contributed by atoms with Gasteiger partial charge in [0, 0.05) is 18.7 Å². The van der Waals surface area contributed by atoms with E-state index in [0.717, 1.165) is 25.9 Å². The topological polar surface area (TPSA) is 64.2 Å². The molecule has 1 aromatic rings. The van der Waals surface area contributed by atoms with Gasteiger partial charge in [-0.25, -0.2) is 0 Å². The number of anilines is 1. The maximum atomic E-state index is 11.9. The second-order valence-corrected chi connectivity index (χ2v) is 3.91. The molecular weight excluding hydrogens is 180 g/mol. The van der Waals surface area contributed by atoms with Gasteiger partial charge in [-0.05, 0) is 12.8 Å². The Bertz CT molecular complexity index is 394. The zero-order chi connectivity index (χ0) is 9.71. The second-order valence-electron chi connectivity index (χ2n) is 3.91. The molecule has 1 saturated carbocycles. The normalized spacial score (nSPS) is 21.1. The van der Waals surface area contributed by atoms with Crippen molar-refractivity contribution in [2.75, 3.05) is 12.3 Å². The zero-order valence-corrected chi connectivity index (χ0v) is 7.81. The van der Waals surface area contributed by atoms with Crippen molar-refractivity contribution in [3.05, 3.63) is 11.8 Å². The third-order valence-electron chi connectivity index (χ3n) is 2.82. The molecule has 2 aliphatic rings. The first-order valence-corrected chi connectivity index (χ1v) is 4.90. The largest absolute Gasteiger partial charge is 0.382 e. The Morgan fingerprint density at radius 3 is 2.93 bits per heavy atom. The molecule has 3 rings (SSSR count). The summed E-state index contributed by atoms with van der Waals surface area (Å²) >= 11 is 0. The number of fused-ring (bicyclic) bond motifs is 1. The Hall–Kier alpha value is -1.52. The number of carbonyl (C=O) groups excluding carboxylic acids is 1. The lowest BCUT2D eigenvalue weighted by atomic mass is 10.3. The van der Waals surface area contributed by atoms with Crippen LogP contribution in [0, 0.1) is 0 Å². The first-order chi connectivity index (χ1) is 6.75. The molecule has 1 aliphatic heterocycles. The highest BCUT2D eigenvalue weighted by Gasteiger charge is 2.36. The molecule has 74 valence electrons. The van der Waals surface area contributed by atoms with Gasteiger partial charge in [-0.15, -0.1) is 0 Å². The van der Waals surface area contributed by atoms with Crippen molar-refractivity contribution in [3.8, 4) is 0 Å². The highest BCUT2D eigenvalue weighted by molar-refractivity contribution is 5.94. The number of amides is 1. The maximum Gasteiger partial charge on any atom is 0.272 e. The number of nitrogen functional groups attached to an aromatic ring is 1. The Kier molecular flexibility index (Phi) is 1.40. The highest BCUT2D eigenvalue weighted by Crippen LogP contribution is 2.30. The van der Waals surface area contributed by atoms with Crippen LogP contribution in [-0.2, 0) is 6.54 Å². The molecule has 0 radical (unpaired) electrons. The number of nitrogens with zero attached hydrogens (tertiary/aromatic N) is 3. The van der Waals surface area contributed by atoms with Crippen molar-refractivity contribution in [1.82, 2.24) is 14.7 Å². The van der Waals surface area contributed by atoms with Gasteiger partial charge in [-0.3, -0.25) is 9.48 Å². The van der Waals surface area contributed by atoms with E-state index in [1.807, 2.05) is 4.90 Å². The lowest BCUT2D eigenvalue weighted by Gasteiger charge is -2.27. The van der Waals surface area contributed by atoms with Crippen molar-refractivity contribution >= 4 is 11.7 Å². The van der Waals surface area contributed by atoms with Crippen molar-refractivity contribution in [2.24, 2.45) is 0 Å². The summed E-state index contributed by atoms with van der Waals surface area (Å²) in [6.07, 6.45) is 2.30. The van der Waals surface area contributed by atoms with Gasteiger partial charge in [0.1, 0.15) is 11.5 Å². The number of aromatic nitrogens is 2. The van der Waals surface area contributed by atoms with E-state index in [4.69, 9.17) is 5.73 Å². The molecule has 0 unspecified atom stereocenters. The van der Waals surface area contributed by atoms with E-state index >= 15 is 0 Å². The van der Waals surface area contributed by atoms with Crippen LogP contribution >= 0.6 is 0 Å². The Morgan fingerprint density at radius 1 is 1.43 bits per heavy atom. The summed E-state index contributed by atoms with van der Waals surface area (Å²) in [5.41, 5.74) is 6.19. The fourth-order valence-electron chi connectivity index (χ4n) is 1.97. The molecule has 2 heterocycles. The maximum absolute atomic E-state index is 11.9. The van der Waals surface area contributed by atoms with E-state index in [1.165, 1.54) is 0 Å². The first-order valence-electron chi connectivity index (χ1n) is 4.90. The molecular formula is C9H12N4O. The van der Waals surface area contributed by atoms with Crippen LogP contribution in [0.3, 0.4) is 0 Å². The molecule has 0 spiro atoms. The number of nitrogens with two attached hydrogens (primary N) is 1. The van der Waals surface area contributed by atoms with Gasteiger partial charge in [0.2, 0.25) is 0 Å². The van der Waals surface area contributed by atoms with E-state index in [9.17, 15) is 4.79 Å². The average molecular weight is 192 g/mol. The molecule has 5 nitrogen and oxygen atoms in total.